The molecule has 0 amide bonds. The standard InChI is InChI=1S/C14H28N2O4S/c1-4-14(15,5-2)10-16-21(18,19)12-9-7-6-8-11(12)13(17)20-3/h11-12,16H,4-10,15H2,1-3H3. The average molecular weight is 320 g/mol. The molecule has 1 aliphatic rings. The van der Waals surface area contributed by atoms with Crippen LogP contribution in [0.3, 0.4) is 0 Å². The molecule has 1 saturated carbocycles. The summed E-state index contributed by atoms with van der Waals surface area (Å²) in [5.74, 6) is -1.01. The van der Waals surface area contributed by atoms with E-state index in [9.17, 15) is 13.2 Å². The zero-order chi connectivity index (χ0) is 16.1. The van der Waals surface area contributed by atoms with Crippen molar-refractivity contribution in [1.82, 2.24) is 4.72 Å². The van der Waals surface area contributed by atoms with Crippen LogP contribution in [0.2, 0.25) is 0 Å². The van der Waals surface area contributed by atoms with Crippen LogP contribution in [0.1, 0.15) is 52.4 Å². The van der Waals surface area contributed by atoms with Crippen molar-refractivity contribution in [1.29, 1.82) is 0 Å². The van der Waals surface area contributed by atoms with Crippen LogP contribution in [0.15, 0.2) is 0 Å². The Balaban J connectivity index is 2.82. The first-order valence-electron chi connectivity index (χ1n) is 7.65. The molecule has 7 heteroatoms. The molecule has 0 aromatic rings. The predicted molar refractivity (Wildman–Crippen MR) is 82.2 cm³/mol. The van der Waals surface area contributed by atoms with Gasteiger partial charge in [0, 0.05) is 12.1 Å². The Morgan fingerprint density at radius 2 is 1.86 bits per heavy atom. The maximum absolute atomic E-state index is 12.5. The highest BCUT2D eigenvalue weighted by molar-refractivity contribution is 7.90. The lowest BCUT2D eigenvalue weighted by atomic mass is 9.89. The van der Waals surface area contributed by atoms with Crippen molar-refractivity contribution in [3.8, 4) is 0 Å². The molecule has 0 aromatic heterocycles. The van der Waals surface area contributed by atoms with Crippen LogP contribution in [-0.2, 0) is 19.6 Å². The van der Waals surface area contributed by atoms with Gasteiger partial charge in [0.2, 0.25) is 10.0 Å². The molecule has 0 heterocycles. The van der Waals surface area contributed by atoms with Gasteiger partial charge in [-0.15, -0.1) is 0 Å². The summed E-state index contributed by atoms with van der Waals surface area (Å²) in [6.07, 6.45) is 4.11. The smallest absolute Gasteiger partial charge is 0.310 e. The molecule has 2 unspecified atom stereocenters. The fraction of sp³-hybridized carbons (Fsp3) is 0.929. The summed E-state index contributed by atoms with van der Waals surface area (Å²) < 4.78 is 32.4. The number of rotatable bonds is 7. The van der Waals surface area contributed by atoms with Crippen molar-refractivity contribution in [2.24, 2.45) is 11.7 Å². The number of nitrogens with two attached hydrogens (primary N) is 1. The van der Waals surface area contributed by atoms with E-state index in [-0.39, 0.29) is 6.54 Å². The van der Waals surface area contributed by atoms with E-state index in [0.29, 0.717) is 25.7 Å². The Labute approximate surface area is 127 Å². The monoisotopic (exact) mass is 320 g/mol. The molecule has 0 aromatic carbocycles. The van der Waals surface area contributed by atoms with Crippen molar-refractivity contribution in [3.63, 3.8) is 0 Å². The summed E-state index contributed by atoms with van der Waals surface area (Å²) in [7, 11) is -2.27. The van der Waals surface area contributed by atoms with Gasteiger partial charge in [-0.1, -0.05) is 26.7 Å². The van der Waals surface area contributed by atoms with Gasteiger partial charge >= 0.3 is 5.97 Å². The van der Waals surface area contributed by atoms with Crippen LogP contribution in [0.25, 0.3) is 0 Å². The molecule has 0 spiro atoms. The maximum atomic E-state index is 12.5. The van der Waals surface area contributed by atoms with Crippen LogP contribution < -0.4 is 10.5 Å². The molecule has 0 saturated heterocycles. The fourth-order valence-electron chi connectivity index (χ4n) is 2.74. The lowest BCUT2D eigenvalue weighted by Gasteiger charge is -2.32. The second-order valence-electron chi connectivity index (χ2n) is 5.89. The number of ether oxygens (including phenoxy) is 1. The van der Waals surface area contributed by atoms with Gasteiger partial charge in [-0.2, -0.15) is 0 Å². The molecule has 6 nitrogen and oxygen atoms in total. The van der Waals surface area contributed by atoms with E-state index in [4.69, 9.17) is 10.5 Å². The Kier molecular flexibility index (Phi) is 6.62. The minimum absolute atomic E-state index is 0.201. The minimum Gasteiger partial charge on any atom is -0.469 e. The van der Waals surface area contributed by atoms with Crippen molar-refractivity contribution >= 4 is 16.0 Å². The van der Waals surface area contributed by atoms with E-state index in [2.05, 4.69) is 4.72 Å². The number of sulfonamides is 1. The molecule has 124 valence electrons. The van der Waals surface area contributed by atoms with Gasteiger partial charge in [-0.3, -0.25) is 4.79 Å². The summed E-state index contributed by atoms with van der Waals surface area (Å²) >= 11 is 0. The molecule has 3 N–H and O–H groups in total. The number of carbonyl (C=O) groups excluding carboxylic acids is 1. The second kappa shape index (κ2) is 7.56. The average Bonchev–Trinajstić information content (AvgIpc) is 2.52. The second-order valence-corrected chi connectivity index (χ2v) is 7.87. The van der Waals surface area contributed by atoms with Gasteiger partial charge < -0.3 is 10.5 Å². The van der Waals surface area contributed by atoms with Gasteiger partial charge in [0.05, 0.1) is 18.3 Å². The van der Waals surface area contributed by atoms with Crippen LogP contribution in [0.4, 0.5) is 0 Å². The molecule has 1 aliphatic carbocycles. The number of hydrogen-bond donors (Lipinski definition) is 2. The normalized spacial score (nSPS) is 23.8. The van der Waals surface area contributed by atoms with E-state index < -0.39 is 32.7 Å². The highest BCUT2D eigenvalue weighted by Gasteiger charge is 2.40. The van der Waals surface area contributed by atoms with Gasteiger partial charge in [-0.05, 0) is 25.7 Å². The van der Waals surface area contributed by atoms with Crippen molar-refractivity contribution < 1.29 is 17.9 Å². The summed E-state index contributed by atoms with van der Waals surface area (Å²) in [4.78, 5) is 11.8. The Hall–Kier alpha value is -0.660. The van der Waals surface area contributed by atoms with Crippen LogP contribution >= 0.6 is 0 Å². The van der Waals surface area contributed by atoms with Crippen LogP contribution in [0.5, 0.6) is 0 Å². The zero-order valence-electron chi connectivity index (χ0n) is 13.2. The summed E-state index contributed by atoms with van der Waals surface area (Å²) in [5.41, 5.74) is 5.60. The van der Waals surface area contributed by atoms with Gasteiger partial charge in [0.25, 0.3) is 0 Å². The van der Waals surface area contributed by atoms with E-state index in [1.165, 1.54) is 7.11 Å². The lowest BCUT2D eigenvalue weighted by molar-refractivity contribution is -0.146. The third kappa shape index (κ3) is 4.66. The summed E-state index contributed by atoms with van der Waals surface area (Å²) in [6, 6.07) is 0. The molecule has 0 radical (unpaired) electrons. The first-order valence-corrected chi connectivity index (χ1v) is 9.19. The van der Waals surface area contributed by atoms with Crippen molar-refractivity contribution in [3.05, 3.63) is 0 Å². The molecule has 21 heavy (non-hydrogen) atoms. The zero-order valence-corrected chi connectivity index (χ0v) is 14.0. The number of esters is 1. The van der Waals surface area contributed by atoms with E-state index >= 15 is 0 Å². The SMILES string of the molecule is CCC(N)(CC)CNS(=O)(=O)C1CCCCC1C(=O)OC. The fourth-order valence-corrected chi connectivity index (χ4v) is 4.60. The minimum atomic E-state index is -3.57. The van der Waals surface area contributed by atoms with Gasteiger partial charge in [0.1, 0.15) is 0 Å². The van der Waals surface area contributed by atoms with Crippen LogP contribution in [-0.4, -0.2) is 38.8 Å². The van der Waals surface area contributed by atoms with Crippen molar-refractivity contribution in [2.75, 3.05) is 13.7 Å². The van der Waals surface area contributed by atoms with Gasteiger partial charge in [0.15, 0.2) is 0 Å². The highest BCUT2D eigenvalue weighted by atomic mass is 32.2. The molecule has 1 fully saturated rings. The predicted octanol–water partition coefficient (Wildman–Crippen LogP) is 1.16. The third-order valence-corrected chi connectivity index (χ3v) is 6.55. The Morgan fingerprint density at radius 3 is 2.38 bits per heavy atom. The van der Waals surface area contributed by atoms with E-state index in [0.717, 1.165) is 12.8 Å². The molecular weight excluding hydrogens is 292 g/mol. The van der Waals surface area contributed by atoms with Crippen molar-refractivity contribution in [2.45, 2.75) is 63.2 Å². The molecule has 0 aliphatic heterocycles. The first-order chi connectivity index (χ1) is 9.79. The number of nitrogens with one attached hydrogen (secondary N) is 1. The van der Waals surface area contributed by atoms with E-state index in [1.807, 2.05) is 13.8 Å². The maximum Gasteiger partial charge on any atom is 0.310 e. The molecular formula is C14H28N2O4S. The number of methoxy groups -OCH3 is 1. The first kappa shape index (κ1) is 18.4. The third-order valence-electron chi connectivity index (χ3n) is 4.64. The summed E-state index contributed by atoms with van der Waals surface area (Å²) in [6.45, 7) is 4.08. The van der Waals surface area contributed by atoms with Gasteiger partial charge in [-0.25, -0.2) is 13.1 Å². The van der Waals surface area contributed by atoms with Crippen LogP contribution in [0, 0.1) is 5.92 Å². The topological polar surface area (TPSA) is 98.5 Å². The van der Waals surface area contributed by atoms with E-state index in [1.54, 1.807) is 0 Å². The number of carbonyl (C=O) groups is 1. The Morgan fingerprint density at radius 1 is 1.29 bits per heavy atom. The lowest BCUT2D eigenvalue weighted by Crippen LogP contribution is -2.52. The highest BCUT2D eigenvalue weighted by Crippen LogP contribution is 2.30. The number of hydrogen-bond acceptors (Lipinski definition) is 5. The Bertz CT molecular complexity index is 446. The molecule has 0 bridgehead atoms. The molecule has 2 atom stereocenters. The largest absolute Gasteiger partial charge is 0.469 e. The summed E-state index contributed by atoms with van der Waals surface area (Å²) in [5, 5.41) is -0.711. The quantitative estimate of drug-likeness (QED) is 0.686. The molecule has 1 rings (SSSR count).